The van der Waals surface area contributed by atoms with Crippen LogP contribution in [0, 0.1) is 5.82 Å². The summed E-state index contributed by atoms with van der Waals surface area (Å²) in [4.78, 5) is -0.128. The molecule has 0 aliphatic heterocycles. The van der Waals surface area contributed by atoms with Gasteiger partial charge in [-0.2, -0.15) is 0 Å². The predicted octanol–water partition coefficient (Wildman–Crippen LogP) is 0.799. The van der Waals surface area contributed by atoms with Crippen LogP contribution in [0.4, 0.5) is 10.1 Å². The van der Waals surface area contributed by atoms with E-state index in [0.29, 0.717) is 6.42 Å². The van der Waals surface area contributed by atoms with Crippen molar-refractivity contribution in [2.75, 3.05) is 19.3 Å². The van der Waals surface area contributed by atoms with Crippen LogP contribution in [0.2, 0.25) is 0 Å². The minimum atomic E-state index is -3.75. The maximum absolute atomic E-state index is 12.9. The molecule has 0 aliphatic carbocycles. The van der Waals surface area contributed by atoms with Crippen LogP contribution in [0.15, 0.2) is 23.1 Å². The van der Waals surface area contributed by atoms with Crippen molar-refractivity contribution in [3.63, 3.8) is 0 Å². The minimum Gasteiger partial charge on any atom is -0.398 e. The molecule has 5 nitrogen and oxygen atoms in total. The Hall–Kier alpha value is -1.18. The number of sulfonamides is 1. The van der Waals surface area contributed by atoms with E-state index in [1.165, 1.54) is 7.05 Å². The second-order valence-electron chi connectivity index (χ2n) is 4.15. The molecule has 0 saturated carbocycles. The highest BCUT2D eigenvalue weighted by Crippen LogP contribution is 2.22. The van der Waals surface area contributed by atoms with E-state index in [0.717, 1.165) is 22.5 Å². The molecule has 1 aromatic carbocycles. The summed E-state index contributed by atoms with van der Waals surface area (Å²) >= 11 is 0. The Balaban J connectivity index is 2.98. The molecule has 0 saturated heterocycles. The Morgan fingerprint density at radius 1 is 1.50 bits per heavy atom. The average molecular weight is 276 g/mol. The number of benzene rings is 1. The van der Waals surface area contributed by atoms with Crippen molar-refractivity contribution in [3.8, 4) is 0 Å². The van der Waals surface area contributed by atoms with Crippen molar-refractivity contribution in [2.24, 2.45) is 0 Å². The molecular weight excluding hydrogens is 259 g/mol. The lowest BCUT2D eigenvalue weighted by Crippen LogP contribution is -2.30. The van der Waals surface area contributed by atoms with Crippen LogP contribution in [-0.2, 0) is 10.0 Å². The summed E-state index contributed by atoms with van der Waals surface area (Å²) in [6.45, 7) is 1.74. The van der Waals surface area contributed by atoms with Gasteiger partial charge in [0.2, 0.25) is 10.0 Å². The minimum absolute atomic E-state index is 0.126. The van der Waals surface area contributed by atoms with Gasteiger partial charge in [0.15, 0.2) is 0 Å². The highest BCUT2D eigenvalue weighted by atomic mass is 32.2. The van der Waals surface area contributed by atoms with Gasteiger partial charge in [0.1, 0.15) is 10.7 Å². The SMILES string of the molecule is CC(O)CCN(C)S(=O)(=O)c1ccc(F)cc1N. The highest BCUT2D eigenvalue weighted by molar-refractivity contribution is 7.89. The Morgan fingerprint density at radius 3 is 2.61 bits per heavy atom. The van der Waals surface area contributed by atoms with Gasteiger partial charge in [0, 0.05) is 13.6 Å². The topological polar surface area (TPSA) is 83.6 Å². The normalized spacial score (nSPS) is 13.8. The van der Waals surface area contributed by atoms with E-state index in [1.54, 1.807) is 6.92 Å². The fourth-order valence-electron chi connectivity index (χ4n) is 1.41. The Bertz CT molecular complexity index is 517. The van der Waals surface area contributed by atoms with Gasteiger partial charge in [-0.3, -0.25) is 0 Å². The van der Waals surface area contributed by atoms with E-state index in [1.807, 2.05) is 0 Å². The van der Waals surface area contributed by atoms with E-state index in [2.05, 4.69) is 0 Å². The molecule has 0 aliphatic rings. The standard InChI is InChI=1S/C11H17FN2O3S/c1-8(15)5-6-14(2)18(16,17)11-4-3-9(12)7-10(11)13/h3-4,7-8,15H,5-6,13H2,1-2H3. The number of halogens is 1. The summed E-state index contributed by atoms with van der Waals surface area (Å²) in [5.41, 5.74) is 5.38. The molecule has 0 amide bonds. The van der Waals surface area contributed by atoms with E-state index in [4.69, 9.17) is 10.8 Å². The lowest BCUT2D eigenvalue weighted by atomic mass is 10.3. The van der Waals surface area contributed by atoms with E-state index >= 15 is 0 Å². The number of aliphatic hydroxyl groups is 1. The molecule has 0 heterocycles. The third kappa shape index (κ3) is 3.41. The zero-order chi connectivity index (χ0) is 13.9. The van der Waals surface area contributed by atoms with Crippen LogP contribution >= 0.6 is 0 Å². The Morgan fingerprint density at radius 2 is 2.11 bits per heavy atom. The predicted molar refractivity (Wildman–Crippen MR) is 66.9 cm³/mol. The van der Waals surface area contributed by atoms with Crippen LogP contribution in [-0.4, -0.2) is 37.5 Å². The molecule has 7 heteroatoms. The summed E-state index contributed by atoms with van der Waals surface area (Å²) in [6, 6.07) is 3.15. The molecule has 18 heavy (non-hydrogen) atoms. The summed E-state index contributed by atoms with van der Waals surface area (Å²) in [5.74, 6) is -0.585. The third-order valence-electron chi connectivity index (χ3n) is 2.52. The quantitative estimate of drug-likeness (QED) is 0.779. The summed E-state index contributed by atoms with van der Waals surface area (Å²) < 4.78 is 38.2. The number of hydrogen-bond donors (Lipinski definition) is 2. The van der Waals surface area contributed by atoms with Crippen LogP contribution in [0.1, 0.15) is 13.3 Å². The number of nitrogens with two attached hydrogens (primary N) is 1. The number of rotatable bonds is 5. The second-order valence-corrected chi connectivity index (χ2v) is 6.16. The number of aliphatic hydroxyl groups excluding tert-OH is 1. The van der Waals surface area contributed by atoms with E-state index in [9.17, 15) is 12.8 Å². The first-order valence-electron chi connectivity index (χ1n) is 5.44. The molecule has 1 aromatic rings. The maximum Gasteiger partial charge on any atom is 0.244 e. The highest BCUT2D eigenvalue weighted by Gasteiger charge is 2.23. The lowest BCUT2D eigenvalue weighted by molar-refractivity contribution is 0.177. The first-order valence-corrected chi connectivity index (χ1v) is 6.88. The molecule has 0 spiro atoms. The number of anilines is 1. The molecule has 0 radical (unpaired) electrons. The van der Waals surface area contributed by atoms with Gasteiger partial charge in [0.05, 0.1) is 11.8 Å². The Labute approximate surface area is 106 Å². The molecule has 102 valence electrons. The zero-order valence-corrected chi connectivity index (χ0v) is 11.1. The molecular formula is C11H17FN2O3S. The van der Waals surface area contributed by atoms with Gasteiger partial charge in [0.25, 0.3) is 0 Å². The molecule has 0 fully saturated rings. The van der Waals surface area contributed by atoms with Gasteiger partial charge in [-0.05, 0) is 31.5 Å². The van der Waals surface area contributed by atoms with Gasteiger partial charge in [-0.1, -0.05) is 0 Å². The van der Waals surface area contributed by atoms with Crippen LogP contribution in [0.3, 0.4) is 0 Å². The maximum atomic E-state index is 12.9. The fraction of sp³-hybridized carbons (Fsp3) is 0.455. The van der Waals surface area contributed by atoms with Crippen molar-refractivity contribution in [1.29, 1.82) is 0 Å². The third-order valence-corrected chi connectivity index (χ3v) is 4.45. The largest absolute Gasteiger partial charge is 0.398 e. The van der Waals surface area contributed by atoms with Crippen LogP contribution in [0.5, 0.6) is 0 Å². The van der Waals surface area contributed by atoms with Crippen LogP contribution < -0.4 is 5.73 Å². The van der Waals surface area contributed by atoms with Crippen molar-refractivity contribution in [3.05, 3.63) is 24.0 Å². The number of hydrogen-bond acceptors (Lipinski definition) is 4. The van der Waals surface area contributed by atoms with Crippen LogP contribution in [0.25, 0.3) is 0 Å². The first-order chi connectivity index (χ1) is 8.25. The van der Waals surface area contributed by atoms with Gasteiger partial charge < -0.3 is 10.8 Å². The molecule has 0 aromatic heterocycles. The summed E-state index contributed by atoms with van der Waals surface area (Å²) in [7, 11) is -2.36. The second kappa shape index (κ2) is 5.64. The molecule has 1 rings (SSSR count). The lowest BCUT2D eigenvalue weighted by Gasteiger charge is -2.18. The average Bonchev–Trinajstić information content (AvgIpc) is 2.24. The molecule has 1 atom stereocenters. The molecule has 1 unspecified atom stereocenters. The van der Waals surface area contributed by atoms with E-state index < -0.39 is 21.9 Å². The van der Waals surface area contributed by atoms with Gasteiger partial charge in [-0.25, -0.2) is 17.1 Å². The molecule has 3 N–H and O–H groups in total. The smallest absolute Gasteiger partial charge is 0.244 e. The monoisotopic (exact) mass is 276 g/mol. The van der Waals surface area contributed by atoms with E-state index in [-0.39, 0.29) is 17.1 Å². The van der Waals surface area contributed by atoms with Gasteiger partial charge >= 0.3 is 0 Å². The number of nitrogens with zero attached hydrogens (tertiary/aromatic N) is 1. The van der Waals surface area contributed by atoms with Crippen molar-refractivity contribution in [2.45, 2.75) is 24.3 Å². The summed E-state index contributed by atoms with van der Waals surface area (Å²) in [5, 5.41) is 9.13. The Kier molecular flexibility index (Phi) is 4.66. The van der Waals surface area contributed by atoms with Crippen molar-refractivity contribution < 1.29 is 17.9 Å². The number of nitrogen functional groups attached to an aromatic ring is 1. The van der Waals surface area contributed by atoms with Crippen molar-refractivity contribution in [1.82, 2.24) is 4.31 Å². The van der Waals surface area contributed by atoms with Gasteiger partial charge in [-0.15, -0.1) is 0 Å². The van der Waals surface area contributed by atoms with Crippen molar-refractivity contribution >= 4 is 15.7 Å². The fourth-order valence-corrected chi connectivity index (χ4v) is 2.69. The zero-order valence-electron chi connectivity index (χ0n) is 10.3. The summed E-state index contributed by atoms with van der Waals surface area (Å²) in [6.07, 6.45) is -0.273. The molecule has 0 bridgehead atoms. The first kappa shape index (κ1) is 14.9.